The molecule has 9 heteroatoms. The molecule has 1 N–H and O–H groups in total. The maximum absolute atomic E-state index is 12.6. The van der Waals surface area contributed by atoms with Gasteiger partial charge in [-0.05, 0) is 41.7 Å². The number of halogens is 1. The van der Waals surface area contributed by atoms with Gasteiger partial charge < -0.3 is 5.32 Å². The minimum Gasteiger partial charge on any atom is -0.380 e. The number of anilines is 1. The Morgan fingerprint density at radius 1 is 1.21 bits per heavy atom. The molecule has 0 unspecified atom stereocenters. The number of hydrogen-bond acceptors (Lipinski definition) is 7. The molecule has 152 valence electrons. The van der Waals surface area contributed by atoms with Gasteiger partial charge in [-0.15, -0.1) is 0 Å². The van der Waals surface area contributed by atoms with E-state index in [9.17, 15) is 8.42 Å². The molecule has 6 nitrogen and oxygen atoms in total. The van der Waals surface area contributed by atoms with Crippen LogP contribution in [0.5, 0.6) is 0 Å². The SMILES string of the molecule is O=S(=O)(Cc1ncns1)c1ccc(N[C@H]2CCN(Cc3ccccc3)C2)c(Cl)c1. The zero-order valence-electron chi connectivity index (χ0n) is 15.7. The lowest BCUT2D eigenvalue weighted by Gasteiger charge is -2.18. The minimum atomic E-state index is -3.51. The summed E-state index contributed by atoms with van der Waals surface area (Å²) in [6.45, 7) is 2.86. The van der Waals surface area contributed by atoms with Gasteiger partial charge in [0.1, 0.15) is 17.1 Å². The smallest absolute Gasteiger partial charge is 0.185 e. The number of aromatic nitrogens is 2. The van der Waals surface area contributed by atoms with Crippen LogP contribution >= 0.6 is 23.1 Å². The second-order valence-corrected chi connectivity index (χ2v) is 10.3. The third-order valence-electron chi connectivity index (χ3n) is 4.90. The van der Waals surface area contributed by atoms with E-state index in [0.29, 0.717) is 10.0 Å². The largest absolute Gasteiger partial charge is 0.380 e. The summed E-state index contributed by atoms with van der Waals surface area (Å²) in [6.07, 6.45) is 2.37. The standard InChI is InChI=1S/C20H21ClN4O2S2/c21-18-10-17(29(26,27)13-20-22-14-23-28-20)6-7-19(18)24-16-8-9-25(12-16)11-15-4-2-1-3-5-15/h1-7,10,14,16,24H,8-9,11-13H2/t16-/m0/s1. The second kappa shape index (κ2) is 8.79. The summed E-state index contributed by atoms with van der Waals surface area (Å²) in [5.74, 6) is -0.169. The van der Waals surface area contributed by atoms with Crippen LogP contribution in [-0.4, -0.2) is 41.8 Å². The van der Waals surface area contributed by atoms with Crippen molar-refractivity contribution in [1.29, 1.82) is 0 Å². The van der Waals surface area contributed by atoms with E-state index >= 15 is 0 Å². The summed E-state index contributed by atoms with van der Waals surface area (Å²) in [7, 11) is -3.51. The number of likely N-dealkylation sites (tertiary alicyclic amines) is 1. The van der Waals surface area contributed by atoms with Crippen LogP contribution in [0.1, 0.15) is 17.0 Å². The van der Waals surface area contributed by atoms with Crippen LogP contribution in [0.25, 0.3) is 0 Å². The molecule has 2 aromatic carbocycles. The van der Waals surface area contributed by atoms with Crippen LogP contribution in [0.15, 0.2) is 59.8 Å². The normalized spacial score (nSPS) is 17.5. The predicted molar refractivity (Wildman–Crippen MR) is 116 cm³/mol. The van der Waals surface area contributed by atoms with Crippen molar-refractivity contribution in [3.63, 3.8) is 0 Å². The van der Waals surface area contributed by atoms with Crippen LogP contribution in [0.3, 0.4) is 0 Å². The zero-order valence-corrected chi connectivity index (χ0v) is 18.1. The molecule has 1 aliphatic heterocycles. The molecule has 0 aliphatic carbocycles. The summed E-state index contributed by atoms with van der Waals surface area (Å²) in [5, 5.41) is 4.33. The van der Waals surface area contributed by atoms with Gasteiger partial charge in [0.25, 0.3) is 0 Å². The average Bonchev–Trinajstić information content (AvgIpc) is 3.36. The molecule has 0 spiro atoms. The molecule has 1 aliphatic rings. The maximum atomic E-state index is 12.6. The molecular weight excluding hydrogens is 428 g/mol. The zero-order chi connectivity index (χ0) is 20.3. The van der Waals surface area contributed by atoms with Gasteiger partial charge in [-0.3, -0.25) is 4.90 Å². The van der Waals surface area contributed by atoms with Gasteiger partial charge in [-0.25, -0.2) is 13.4 Å². The minimum absolute atomic E-state index is 0.169. The molecule has 0 saturated carbocycles. The Labute approximate surface area is 179 Å². The van der Waals surface area contributed by atoms with E-state index < -0.39 is 9.84 Å². The Bertz CT molecular complexity index is 1060. The molecule has 0 amide bonds. The Morgan fingerprint density at radius 2 is 2.03 bits per heavy atom. The number of nitrogens with zero attached hydrogens (tertiary/aromatic N) is 3. The van der Waals surface area contributed by atoms with Gasteiger partial charge in [-0.1, -0.05) is 41.9 Å². The molecule has 1 fully saturated rings. The van der Waals surface area contributed by atoms with Crippen molar-refractivity contribution in [3.8, 4) is 0 Å². The van der Waals surface area contributed by atoms with E-state index in [1.165, 1.54) is 18.0 Å². The summed E-state index contributed by atoms with van der Waals surface area (Å²) in [4.78, 5) is 6.55. The van der Waals surface area contributed by atoms with Crippen molar-refractivity contribution in [1.82, 2.24) is 14.3 Å². The molecule has 1 aromatic heterocycles. The average molecular weight is 449 g/mol. The molecular formula is C20H21ClN4O2S2. The van der Waals surface area contributed by atoms with Gasteiger partial charge in [-0.2, -0.15) is 4.37 Å². The third-order valence-corrected chi connectivity index (χ3v) is 7.68. The lowest BCUT2D eigenvalue weighted by Crippen LogP contribution is -2.26. The van der Waals surface area contributed by atoms with Gasteiger partial charge in [0.05, 0.1) is 15.6 Å². The van der Waals surface area contributed by atoms with Crippen molar-refractivity contribution in [2.45, 2.75) is 29.7 Å². The number of benzene rings is 2. The first-order valence-electron chi connectivity index (χ1n) is 9.30. The van der Waals surface area contributed by atoms with Crippen molar-refractivity contribution in [2.24, 2.45) is 0 Å². The Kier molecular flexibility index (Phi) is 6.15. The van der Waals surface area contributed by atoms with Crippen LogP contribution in [0, 0.1) is 0 Å². The highest BCUT2D eigenvalue weighted by atomic mass is 35.5. The summed E-state index contributed by atoms with van der Waals surface area (Å²) < 4.78 is 29.0. The maximum Gasteiger partial charge on any atom is 0.185 e. The quantitative estimate of drug-likeness (QED) is 0.591. The van der Waals surface area contributed by atoms with Crippen LogP contribution < -0.4 is 5.32 Å². The van der Waals surface area contributed by atoms with Gasteiger partial charge in [0.2, 0.25) is 0 Å². The summed E-state index contributed by atoms with van der Waals surface area (Å²) >= 11 is 7.48. The molecule has 0 radical (unpaired) electrons. The highest BCUT2D eigenvalue weighted by molar-refractivity contribution is 7.90. The highest BCUT2D eigenvalue weighted by Crippen LogP contribution is 2.29. The highest BCUT2D eigenvalue weighted by Gasteiger charge is 2.24. The first kappa shape index (κ1) is 20.3. The Morgan fingerprint density at radius 3 is 2.76 bits per heavy atom. The molecule has 2 heterocycles. The van der Waals surface area contributed by atoms with Gasteiger partial charge in [0.15, 0.2) is 9.84 Å². The number of nitrogens with one attached hydrogen (secondary N) is 1. The number of rotatable bonds is 7. The van der Waals surface area contributed by atoms with E-state index in [0.717, 1.165) is 43.3 Å². The molecule has 1 atom stereocenters. The lowest BCUT2D eigenvalue weighted by atomic mass is 10.2. The monoisotopic (exact) mass is 448 g/mol. The molecule has 3 aromatic rings. The van der Waals surface area contributed by atoms with E-state index in [1.54, 1.807) is 12.1 Å². The van der Waals surface area contributed by atoms with Gasteiger partial charge >= 0.3 is 0 Å². The van der Waals surface area contributed by atoms with E-state index in [-0.39, 0.29) is 16.7 Å². The van der Waals surface area contributed by atoms with Crippen molar-refractivity contribution in [2.75, 3.05) is 18.4 Å². The predicted octanol–water partition coefficient (Wildman–Crippen LogP) is 3.85. The lowest BCUT2D eigenvalue weighted by molar-refractivity contribution is 0.328. The van der Waals surface area contributed by atoms with Gasteiger partial charge in [0, 0.05) is 25.7 Å². The Hall–Kier alpha value is -2.00. The fourth-order valence-electron chi connectivity index (χ4n) is 3.47. The first-order chi connectivity index (χ1) is 14.0. The van der Waals surface area contributed by atoms with E-state index in [4.69, 9.17) is 11.6 Å². The fraction of sp³-hybridized carbons (Fsp3) is 0.300. The van der Waals surface area contributed by atoms with E-state index in [1.807, 2.05) is 6.07 Å². The van der Waals surface area contributed by atoms with Crippen LogP contribution in [0.2, 0.25) is 5.02 Å². The first-order valence-corrected chi connectivity index (χ1v) is 12.1. The molecule has 29 heavy (non-hydrogen) atoms. The van der Waals surface area contributed by atoms with Crippen LogP contribution in [0.4, 0.5) is 5.69 Å². The second-order valence-electron chi connectivity index (χ2n) is 7.09. The molecule has 1 saturated heterocycles. The molecule has 4 rings (SSSR count). The third kappa shape index (κ3) is 5.14. The Balaban J connectivity index is 1.39. The molecule has 0 bridgehead atoms. The van der Waals surface area contributed by atoms with Crippen molar-refractivity contribution >= 4 is 38.7 Å². The van der Waals surface area contributed by atoms with Crippen molar-refractivity contribution < 1.29 is 8.42 Å². The number of sulfone groups is 1. The van der Waals surface area contributed by atoms with Crippen LogP contribution in [-0.2, 0) is 22.1 Å². The summed E-state index contributed by atoms with van der Waals surface area (Å²) in [6, 6.07) is 15.5. The van der Waals surface area contributed by atoms with Crippen molar-refractivity contribution in [3.05, 3.63) is 70.5 Å². The van der Waals surface area contributed by atoms with E-state index in [2.05, 4.69) is 43.8 Å². The summed E-state index contributed by atoms with van der Waals surface area (Å²) in [5.41, 5.74) is 2.06. The topological polar surface area (TPSA) is 75.2 Å². The number of hydrogen-bond donors (Lipinski definition) is 1. The fourth-order valence-corrected chi connectivity index (χ4v) is 5.89.